The number of hydrogen-bond acceptors (Lipinski definition) is 4. The predicted octanol–water partition coefficient (Wildman–Crippen LogP) is 3.16. The Bertz CT molecular complexity index is 793. The minimum atomic E-state index is -0.164. The molecule has 7 heteroatoms. The molecule has 0 fully saturated rings. The van der Waals surface area contributed by atoms with Crippen LogP contribution >= 0.6 is 15.9 Å². The summed E-state index contributed by atoms with van der Waals surface area (Å²) >= 11 is 3.33. The van der Waals surface area contributed by atoms with Crippen molar-refractivity contribution in [3.8, 4) is 5.75 Å². The van der Waals surface area contributed by atoms with Crippen LogP contribution in [0.4, 0.5) is 11.5 Å². The van der Waals surface area contributed by atoms with E-state index in [1.54, 1.807) is 29.3 Å². The SMILES string of the molecule is CCN(C(=O)COc1ccc2c(c1)CCC(=O)N2)c1ccc(Br)cn1. The van der Waals surface area contributed by atoms with Crippen LogP contribution in [0.1, 0.15) is 18.9 Å². The van der Waals surface area contributed by atoms with Crippen molar-refractivity contribution in [2.24, 2.45) is 0 Å². The van der Waals surface area contributed by atoms with E-state index < -0.39 is 0 Å². The fourth-order valence-electron chi connectivity index (χ4n) is 2.67. The highest BCUT2D eigenvalue weighted by Gasteiger charge is 2.18. The Balaban J connectivity index is 1.65. The molecule has 0 bridgehead atoms. The number of aromatic nitrogens is 1. The van der Waals surface area contributed by atoms with E-state index in [1.807, 2.05) is 19.1 Å². The second-order valence-electron chi connectivity index (χ2n) is 5.63. The lowest BCUT2D eigenvalue weighted by atomic mass is 10.0. The lowest BCUT2D eigenvalue weighted by Gasteiger charge is -2.21. The quantitative estimate of drug-likeness (QED) is 0.831. The Kier molecular flexibility index (Phi) is 5.33. The van der Waals surface area contributed by atoms with Gasteiger partial charge in [-0.25, -0.2) is 4.98 Å². The third-order valence-electron chi connectivity index (χ3n) is 3.94. The number of benzene rings is 1. The third-order valence-corrected chi connectivity index (χ3v) is 4.41. The zero-order valence-electron chi connectivity index (χ0n) is 13.8. The Morgan fingerprint density at radius 2 is 2.16 bits per heavy atom. The van der Waals surface area contributed by atoms with Crippen molar-refractivity contribution >= 4 is 39.2 Å². The van der Waals surface area contributed by atoms with Crippen LogP contribution < -0.4 is 15.0 Å². The van der Waals surface area contributed by atoms with Gasteiger partial charge in [0.05, 0.1) is 0 Å². The molecule has 2 heterocycles. The number of ether oxygens (including phenoxy) is 1. The number of nitrogens with one attached hydrogen (secondary N) is 1. The van der Waals surface area contributed by atoms with Crippen LogP contribution in [0.3, 0.4) is 0 Å². The molecule has 1 N–H and O–H groups in total. The van der Waals surface area contributed by atoms with Gasteiger partial charge in [-0.2, -0.15) is 0 Å². The summed E-state index contributed by atoms with van der Waals surface area (Å²) in [6, 6.07) is 9.06. The molecule has 0 saturated carbocycles. The van der Waals surface area contributed by atoms with Crippen molar-refractivity contribution in [1.29, 1.82) is 0 Å². The number of halogens is 1. The average molecular weight is 404 g/mol. The minimum Gasteiger partial charge on any atom is -0.484 e. The number of hydrogen-bond donors (Lipinski definition) is 1. The number of pyridine rings is 1. The molecule has 1 aromatic carbocycles. The van der Waals surface area contributed by atoms with Crippen molar-refractivity contribution in [1.82, 2.24) is 4.98 Å². The maximum absolute atomic E-state index is 12.5. The summed E-state index contributed by atoms with van der Waals surface area (Å²) < 4.78 is 6.51. The van der Waals surface area contributed by atoms with Crippen molar-refractivity contribution in [3.63, 3.8) is 0 Å². The highest BCUT2D eigenvalue weighted by atomic mass is 79.9. The molecule has 25 heavy (non-hydrogen) atoms. The predicted molar refractivity (Wildman–Crippen MR) is 98.9 cm³/mol. The molecular formula is C18H18BrN3O3. The van der Waals surface area contributed by atoms with Crippen molar-refractivity contribution in [3.05, 3.63) is 46.6 Å². The maximum Gasteiger partial charge on any atom is 0.266 e. The first-order chi connectivity index (χ1) is 12.1. The molecule has 1 aliphatic heterocycles. The number of fused-ring (bicyclic) bond motifs is 1. The summed E-state index contributed by atoms with van der Waals surface area (Å²) in [7, 11) is 0. The van der Waals surface area contributed by atoms with Crippen LogP contribution in [0.5, 0.6) is 5.75 Å². The lowest BCUT2D eigenvalue weighted by molar-refractivity contribution is -0.120. The number of carbonyl (C=O) groups excluding carboxylic acids is 2. The van der Waals surface area contributed by atoms with Crippen molar-refractivity contribution in [2.45, 2.75) is 19.8 Å². The second-order valence-corrected chi connectivity index (χ2v) is 6.54. The van der Waals surface area contributed by atoms with E-state index in [9.17, 15) is 9.59 Å². The second kappa shape index (κ2) is 7.65. The van der Waals surface area contributed by atoms with Crippen LogP contribution in [0, 0.1) is 0 Å². The van der Waals surface area contributed by atoms with Gasteiger partial charge in [0.1, 0.15) is 11.6 Å². The first kappa shape index (κ1) is 17.4. The summed E-state index contributed by atoms with van der Waals surface area (Å²) in [5.74, 6) is 1.07. The average Bonchev–Trinajstić information content (AvgIpc) is 2.62. The molecule has 0 spiro atoms. The maximum atomic E-state index is 12.5. The summed E-state index contributed by atoms with van der Waals surface area (Å²) in [5, 5.41) is 2.82. The number of likely N-dealkylation sites (N-methyl/N-ethyl adjacent to an activating group) is 1. The van der Waals surface area contributed by atoms with E-state index in [0.717, 1.165) is 15.7 Å². The Hall–Kier alpha value is -2.41. The highest BCUT2D eigenvalue weighted by Crippen LogP contribution is 2.27. The molecular weight excluding hydrogens is 386 g/mol. The van der Waals surface area contributed by atoms with Crippen LogP contribution in [0.25, 0.3) is 0 Å². The van der Waals surface area contributed by atoms with Gasteiger partial charge < -0.3 is 10.1 Å². The number of aryl methyl sites for hydroxylation is 1. The molecule has 0 saturated heterocycles. The van der Waals surface area contributed by atoms with Gasteiger partial charge in [-0.3, -0.25) is 14.5 Å². The van der Waals surface area contributed by atoms with Gasteiger partial charge in [0, 0.05) is 29.3 Å². The smallest absolute Gasteiger partial charge is 0.266 e. The molecule has 0 aliphatic carbocycles. The van der Waals surface area contributed by atoms with E-state index in [-0.39, 0.29) is 18.4 Å². The number of nitrogens with zero attached hydrogens (tertiary/aromatic N) is 2. The monoisotopic (exact) mass is 403 g/mol. The molecule has 130 valence electrons. The molecule has 0 unspecified atom stereocenters. The normalized spacial score (nSPS) is 13.0. The van der Waals surface area contributed by atoms with Crippen LogP contribution in [0.15, 0.2) is 41.0 Å². The van der Waals surface area contributed by atoms with Gasteiger partial charge in [0.15, 0.2) is 6.61 Å². The van der Waals surface area contributed by atoms with E-state index in [1.165, 1.54) is 0 Å². The van der Waals surface area contributed by atoms with Gasteiger partial charge in [0.2, 0.25) is 5.91 Å². The lowest BCUT2D eigenvalue weighted by Crippen LogP contribution is -2.35. The Labute approximate surface area is 154 Å². The van der Waals surface area contributed by atoms with Gasteiger partial charge in [-0.05, 0) is 65.2 Å². The summed E-state index contributed by atoms with van der Waals surface area (Å²) in [6.45, 7) is 2.33. The van der Waals surface area contributed by atoms with Crippen LogP contribution in [-0.2, 0) is 16.0 Å². The minimum absolute atomic E-state index is 0.0249. The van der Waals surface area contributed by atoms with E-state index in [2.05, 4.69) is 26.2 Å². The number of carbonyl (C=O) groups is 2. The summed E-state index contributed by atoms with van der Waals surface area (Å²) in [4.78, 5) is 29.7. The van der Waals surface area contributed by atoms with Gasteiger partial charge in [0.25, 0.3) is 5.91 Å². The zero-order chi connectivity index (χ0) is 17.8. The first-order valence-electron chi connectivity index (χ1n) is 8.04. The van der Waals surface area contributed by atoms with E-state index in [4.69, 9.17) is 4.74 Å². The van der Waals surface area contributed by atoms with Crippen LogP contribution in [-0.4, -0.2) is 29.9 Å². The largest absolute Gasteiger partial charge is 0.484 e. The van der Waals surface area contributed by atoms with E-state index in [0.29, 0.717) is 31.0 Å². The Morgan fingerprint density at radius 3 is 2.88 bits per heavy atom. The fourth-order valence-corrected chi connectivity index (χ4v) is 2.90. The van der Waals surface area contributed by atoms with Crippen molar-refractivity contribution in [2.75, 3.05) is 23.4 Å². The van der Waals surface area contributed by atoms with Crippen molar-refractivity contribution < 1.29 is 14.3 Å². The molecule has 0 radical (unpaired) electrons. The zero-order valence-corrected chi connectivity index (χ0v) is 15.4. The number of anilines is 2. The number of rotatable bonds is 5. The summed E-state index contributed by atoms with van der Waals surface area (Å²) in [5.41, 5.74) is 1.83. The molecule has 0 atom stereocenters. The topological polar surface area (TPSA) is 71.5 Å². The van der Waals surface area contributed by atoms with E-state index >= 15 is 0 Å². The van der Waals surface area contributed by atoms with Crippen LogP contribution in [0.2, 0.25) is 0 Å². The molecule has 2 aromatic rings. The molecule has 1 aliphatic rings. The fraction of sp³-hybridized carbons (Fsp3) is 0.278. The highest BCUT2D eigenvalue weighted by molar-refractivity contribution is 9.10. The molecule has 2 amide bonds. The van der Waals surface area contributed by atoms with Gasteiger partial charge in [-0.15, -0.1) is 0 Å². The molecule has 1 aromatic heterocycles. The standard InChI is InChI=1S/C18H18BrN3O3/c1-2-22(16-7-4-13(19)10-20-16)18(24)11-25-14-5-6-15-12(9-14)3-8-17(23)21-15/h4-7,9-10H,2-3,8,11H2,1H3,(H,21,23). The van der Waals surface area contributed by atoms with Gasteiger partial charge >= 0.3 is 0 Å². The van der Waals surface area contributed by atoms with Gasteiger partial charge in [-0.1, -0.05) is 0 Å². The first-order valence-corrected chi connectivity index (χ1v) is 8.83. The molecule has 6 nitrogen and oxygen atoms in total. The Morgan fingerprint density at radius 1 is 1.32 bits per heavy atom. The number of amides is 2. The summed E-state index contributed by atoms with van der Waals surface area (Å²) in [6.07, 6.45) is 2.80. The molecule has 3 rings (SSSR count). The third kappa shape index (κ3) is 4.17.